The SMILES string of the molecule is CCN(CC)C(=O)NC(c1cccs1)C(C)C. The average molecular weight is 254 g/mol. The zero-order valence-corrected chi connectivity index (χ0v) is 11.9. The van der Waals surface area contributed by atoms with Crippen LogP contribution >= 0.6 is 11.3 Å². The van der Waals surface area contributed by atoms with Crippen molar-refractivity contribution in [3.63, 3.8) is 0 Å². The lowest BCUT2D eigenvalue weighted by Gasteiger charge is -2.26. The zero-order valence-electron chi connectivity index (χ0n) is 11.1. The van der Waals surface area contributed by atoms with Crippen LogP contribution in [0.15, 0.2) is 17.5 Å². The molecule has 17 heavy (non-hydrogen) atoms. The molecule has 1 rings (SSSR count). The fraction of sp³-hybridized carbons (Fsp3) is 0.615. The lowest BCUT2D eigenvalue weighted by molar-refractivity contribution is 0.195. The summed E-state index contributed by atoms with van der Waals surface area (Å²) in [5.74, 6) is 0.396. The summed E-state index contributed by atoms with van der Waals surface area (Å²) in [6.45, 7) is 9.76. The van der Waals surface area contributed by atoms with E-state index < -0.39 is 0 Å². The van der Waals surface area contributed by atoms with Gasteiger partial charge in [-0.3, -0.25) is 0 Å². The first kappa shape index (κ1) is 14.0. The molecule has 0 fully saturated rings. The van der Waals surface area contributed by atoms with Gasteiger partial charge in [0.25, 0.3) is 0 Å². The van der Waals surface area contributed by atoms with Crippen molar-refractivity contribution in [1.82, 2.24) is 10.2 Å². The summed E-state index contributed by atoms with van der Waals surface area (Å²) in [5.41, 5.74) is 0. The van der Waals surface area contributed by atoms with E-state index in [1.807, 2.05) is 30.2 Å². The summed E-state index contributed by atoms with van der Waals surface area (Å²) >= 11 is 1.70. The van der Waals surface area contributed by atoms with Gasteiger partial charge in [0.1, 0.15) is 0 Å². The maximum atomic E-state index is 12.0. The van der Waals surface area contributed by atoms with Crippen LogP contribution < -0.4 is 5.32 Å². The van der Waals surface area contributed by atoms with Crippen molar-refractivity contribution in [2.45, 2.75) is 33.7 Å². The third-order valence-corrected chi connectivity index (χ3v) is 3.80. The first-order valence-electron chi connectivity index (χ1n) is 6.18. The molecule has 0 aromatic carbocycles. The number of carbonyl (C=O) groups excluding carboxylic acids is 1. The maximum absolute atomic E-state index is 12.0. The highest BCUT2D eigenvalue weighted by Crippen LogP contribution is 2.25. The van der Waals surface area contributed by atoms with Gasteiger partial charge in [-0.2, -0.15) is 0 Å². The Morgan fingerprint density at radius 1 is 1.41 bits per heavy atom. The molecular weight excluding hydrogens is 232 g/mol. The van der Waals surface area contributed by atoms with Crippen LogP contribution in [-0.2, 0) is 0 Å². The third kappa shape index (κ3) is 3.73. The molecule has 3 nitrogen and oxygen atoms in total. The first-order chi connectivity index (χ1) is 8.10. The number of urea groups is 1. The minimum atomic E-state index is 0.0297. The highest BCUT2D eigenvalue weighted by Gasteiger charge is 2.21. The number of nitrogens with zero attached hydrogens (tertiary/aromatic N) is 1. The number of carbonyl (C=O) groups is 1. The van der Waals surface area contributed by atoms with Gasteiger partial charge in [-0.25, -0.2) is 4.79 Å². The van der Waals surface area contributed by atoms with E-state index in [1.54, 1.807) is 11.3 Å². The highest BCUT2D eigenvalue weighted by atomic mass is 32.1. The maximum Gasteiger partial charge on any atom is 0.317 e. The van der Waals surface area contributed by atoms with Crippen molar-refractivity contribution in [1.29, 1.82) is 0 Å². The molecule has 0 aliphatic heterocycles. The van der Waals surface area contributed by atoms with Crippen LogP contribution in [0.3, 0.4) is 0 Å². The molecule has 2 amide bonds. The highest BCUT2D eigenvalue weighted by molar-refractivity contribution is 7.10. The molecule has 0 saturated carbocycles. The normalized spacial score (nSPS) is 12.5. The Kier molecular flexibility index (Phi) is 5.48. The largest absolute Gasteiger partial charge is 0.330 e. The van der Waals surface area contributed by atoms with Crippen LogP contribution in [0.2, 0.25) is 0 Å². The molecule has 1 aromatic rings. The van der Waals surface area contributed by atoms with Gasteiger partial charge in [-0.15, -0.1) is 11.3 Å². The minimum absolute atomic E-state index is 0.0297. The molecule has 1 unspecified atom stereocenters. The molecule has 1 N–H and O–H groups in total. The van der Waals surface area contributed by atoms with Crippen molar-refractivity contribution >= 4 is 17.4 Å². The predicted octanol–water partition coefficient (Wildman–Crippen LogP) is 3.50. The van der Waals surface area contributed by atoms with Gasteiger partial charge in [0, 0.05) is 18.0 Å². The Bertz CT molecular complexity index is 331. The van der Waals surface area contributed by atoms with Crippen molar-refractivity contribution < 1.29 is 4.79 Å². The third-order valence-electron chi connectivity index (χ3n) is 2.85. The van der Waals surface area contributed by atoms with Gasteiger partial charge < -0.3 is 10.2 Å². The molecule has 1 atom stereocenters. The molecule has 0 aliphatic carbocycles. The van der Waals surface area contributed by atoms with Crippen LogP contribution in [0.5, 0.6) is 0 Å². The van der Waals surface area contributed by atoms with Crippen LogP contribution in [-0.4, -0.2) is 24.0 Å². The molecule has 96 valence electrons. The monoisotopic (exact) mass is 254 g/mol. The van der Waals surface area contributed by atoms with Crippen LogP contribution in [0, 0.1) is 5.92 Å². The predicted molar refractivity (Wildman–Crippen MR) is 73.4 cm³/mol. The summed E-state index contributed by atoms with van der Waals surface area (Å²) in [7, 11) is 0. The Balaban J connectivity index is 2.71. The molecule has 0 aliphatic rings. The summed E-state index contributed by atoms with van der Waals surface area (Å²) in [6, 6.07) is 4.25. The molecule has 1 heterocycles. The molecule has 0 bridgehead atoms. The Labute approximate surface area is 108 Å². The van der Waals surface area contributed by atoms with Gasteiger partial charge in [-0.05, 0) is 31.2 Å². The molecule has 4 heteroatoms. The van der Waals surface area contributed by atoms with E-state index in [2.05, 4.69) is 25.2 Å². The lowest BCUT2D eigenvalue weighted by atomic mass is 10.0. The standard InChI is InChI=1S/C13H22N2OS/c1-5-15(6-2)13(16)14-12(10(3)4)11-8-7-9-17-11/h7-10,12H,5-6H2,1-4H3,(H,14,16). The molecule has 1 aromatic heterocycles. The molecule has 0 saturated heterocycles. The van der Waals surface area contributed by atoms with Gasteiger partial charge in [0.05, 0.1) is 6.04 Å². The quantitative estimate of drug-likeness (QED) is 0.857. The van der Waals surface area contributed by atoms with E-state index in [9.17, 15) is 4.79 Å². The van der Waals surface area contributed by atoms with Gasteiger partial charge in [0.2, 0.25) is 0 Å². The van der Waals surface area contributed by atoms with Crippen LogP contribution in [0.4, 0.5) is 4.79 Å². The minimum Gasteiger partial charge on any atom is -0.330 e. The Morgan fingerprint density at radius 3 is 2.47 bits per heavy atom. The topological polar surface area (TPSA) is 32.3 Å². The number of hydrogen-bond donors (Lipinski definition) is 1. The number of thiophene rings is 1. The van der Waals surface area contributed by atoms with Gasteiger partial charge >= 0.3 is 6.03 Å². The van der Waals surface area contributed by atoms with Crippen molar-refractivity contribution in [3.8, 4) is 0 Å². The van der Waals surface area contributed by atoms with Crippen molar-refractivity contribution in [2.75, 3.05) is 13.1 Å². The summed E-state index contributed by atoms with van der Waals surface area (Å²) < 4.78 is 0. The Hall–Kier alpha value is -1.03. The Morgan fingerprint density at radius 2 is 2.06 bits per heavy atom. The molecule has 0 spiro atoms. The van der Waals surface area contributed by atoms with E-state index in [1.165, 1.54) is 4.88 Å². The van der Waals surface area contributed by atoms with E-state index in [0.29, 0.717) is 5.92 Å². The molecule has 0 radical (unpaired) electrons. The fourth-order valence-electron chi connectivity index (χ4n) is 1.77. The smallest absolute Gasteiger partial charge is 0.317 e. The average Bonchev–Trinajstić information content (AvgIpc) is 2.80. The fourth-order valence-corrected chi connectivity index (χ4v) is 2.72. The number of amides is 2. The van der Waals surface area contributed by atoms with Gasteiger partial charge in [-0.1, -0.05) is 19.9 Å². The summed E-state index contributed by atoms with van der Waals surface area (Å²) in [4.78, 5) is 15.1. The van der Waals surface area contributed by atoms with E-state index >= 15 is 0 Å². The van der Waals surface area contributed by atoms with Crippen LogP contribution in [0.1, 0.15) is 38.6 Å². The second kappa shape index (κ2) is 6.64. The van der Waals surface area contributed by atoms with Gasteiger partial charge in [0.15, 0.2) is 0 Å². The number of hydrogen-bond acceptors (Lipinski definition) is 2. The van der Waals surface area contributed by atoms with E-state index in [4.69, 9.17) is 0 Å². The van der Waals surface area contributed by atoms with E-state index in [0.717, 1.165) is 13.1 Å². The summed E-state index contributed by atoms with van der Waals surface area (Å²) in [6.07, 6.45) is 0. The second-order valence-corrected chi connectivity index (χ2v) is 5.34. The molecular formula is C13H22N2OS. The van der Waals surface area contributed by atoms with Crippen LogP contribution in [0.25, 0.3) is 0 Å². The lowest BCUT2D eigenvalue weighted by Crippen LogP contribution is -2.42. The van der Waals surface area contributed by atoms with Crippen molar-refractivity contribution in [3.05, 3.63) is 22.4 Å². The first-order valence-corrected chi connectivity index (χ1v) is 7.06. The second-order valence-electron chi connectivity index (χ2n) is 4.36. The number of rotatable bonds is 5. The van der Waals surface area contributed by atoms with Crippen molar-refractivity contribution in [2.24, 2.45) is 5.92 Å². The zero-order chi connectivity index (χ0) is 12.8. The summed E-state index contributed by atoms with van der Waals surface area (Å²) in [5, 5.41) is 5.17. The number of nitrogens with one attached hydrogen (secondary N) is 1. The van der Waals surface area contributed by atoms with E-state index in [-0.39, 0.29) is 12.1 Å².